The van der Waals surface area contributed by atoms with Crippen molar-refractivity contribution in [3.05, 3.63) is 45.5 Å². The lowest BCUT2D eigenvalue weighted by atomic mass is 9.99. The molecule has 1 aromatic carbocycles. The summed E-state index contributed by atoms with van der Waals surface area (Å²) < 4.78 is 19.1. The number of nitrogens with zero attached hydrogens (tertiary/aromatic N) is 3. The Morgan fingerprint density at radius 1 is 1.22 bits per heavy atom. The van der Waals surface area contributed by atoms with Crippen molar-refractivity contribution < 1.29 is 19.0 Å². The van der Waals surface area contributed by atoms with Crippen LogP contribution in [0.1, 0.15) is 88.7 Å². The van der Waals surface area contributed by atoms with Crippen LogP contribution in [0.3, 0.4) is 0 Å². The summed E-state index contributed by atoms with van der Waals surface area (Å²) in [4.78, 5) is 20.6. The van der Waals surface area contributed by atoms with Crippen LogP contribution in [0.4, 0.5) is 4.79 Å². The van der Waals surface area contributed by atoms with Crippen LogP contribution < -0.4 is 4.74 Å². The van der Waals surface area contributed by atoms with Gasteiger partial charge in [-0.1, -0.05) is 6.42 Å². The molecule has 1 aliphatic rings. The van der Waals surface area contributed by atoms with Crippen LogP contribution in [0, 0.1) is 6.92 Å². The maximum atomic E-state index is 13.0. The van der Waals surface area contributed by atoms with E-state index in [0.717, 1.165) is 57.9 Å². The molecule has 0 aliphatic carbocycles. The van der Waals surface area contributed by atoms with Gasteiger partial charge in [-0.3, -0.25) is 9.47 Å². The molecule has 3 heterocycles. The molecule has 0 bridgehead atoms. The largest absolute Gasteiger partial charge is 0.496 e. The van der Waals surface area contributed by atoms with Gasteiger partial charge in [-0.2, -0.15) is 0 Å². The van der Waals surface area contributed by atoms with E-state index in [2.05, 4.69) is 24.1 Å². The first-order valence-corrected chi connectivity index (χ1v) is 14.1. The number of hydrogen-bond donors (Lipinski definition) is 0. The molecule has 1 fully saturated rings. The molecule has 1 unspecified atom stereocenters. The van der Waals surface area contributed by atoms with E-state index < -0.39 is 11.2 Å². The number of benzene rings is 1. The lowest BCUT2D eigenvalue weighted by Gasteiger charge is -2.35. The molecule has 3 aromatic rings. The minimum absolute atomic E-state index is 0.235. The van der Waals surface area contributed by atoms with E-state index in [1.54, 1.807) is 23.0 Å². The fourth-order valence-electron chi connectivity index (χ4n) is 5.19. The number of aryl methyl sites for hydroxylation is 1. The third-order valence-electron chi connectivity index (χ3n) is 6.94. The smallest absolute Gasteiger partial charge is 0.419 e. The van der Waals surface area contributed by atoms with Crippen LogP contribution in [0.25, 0.3) is 10.9 Å². The van der Waals surface area contributed by atoms with Gasteiger partial charge in [0.2, 0.25) is 0 Å². The maximum absolute atomic E-state index is 13.0. The van der Waals surface area contributed by atoms with E-state index in [0.29, 0.717) is 13.2 Å². The van der Waals surface area contributed by atoms with Crippen LogP contribution in [-0.2, 0) is 21.6 Å². The second kappa shape index (κ2) is 10.8. The average molecular weight is 528 g/mol. The zero-order valence-electron chi connectivity index (χ0n) is 23.5. The standard InChI is InChI=1S/C29H41N3O4S/c1-9-35-29(6,7)24-18-37-26(30-24)22-12-10-11-14-31(22)17-21-20-13-15-32(27(33)36-28(3,4)5)25(20)19(2)16-23(21)34-8/h13,15-16,18,22H,9-12,14,17H2,1-8H3. The number of carbonyl (C=O) groups is 1. The van der Waals surface area contributed by atoms with E-state index in [9.17, 15) is 4.79 Å². The Labute approximate surface area is 224 Å². The molecule has 1 atom stereocenters. The molecular weight excluding hydrogens is 486 g/mol. The van der Waals surface area contributed by atoms with Gasteiger partial charge in [-0.25, -0.2) is 9.78 Å². The lowest BCUT2D eigenvalue weighted by Crippen LogP contribution is -2.33. The van der Waals surface area contributed by atoms with Gasteiger partial charge in [0.25, 0.3) is 0 Å². The van der Waals surface area contributed by atoms with Crippen molar-refractivity contribution in [2.24, 2.45) is 0 Å². The number of ether oxygens (including phenoxy) is 3. The van der Waals surface area contributed by atoms with Crippen LogP contribution in [0.15, 0.2) is 23.7 Å². The van der Waals surface area contributed by atoms with Crippen LogP contribution in [-0.4, -0.2) is 46.4 Å². The number of carbonyl (C=O) groups excluding carboxylic acids is 1. The molecule has 0 saturated carbocycles. The zero-order valence-corrected chi connectivity index (χ0v) is 24.3. The molecule has 1 aliphatic heterocycles. The monoisotopic (exact) mass is 527 g/mol. The van der Waals surface area contributed by atoms with Gasteiger partial charge in [-0.15, -0.1) is 11.3 Å². The molecule has 4 rings (SSSR count). The highest BCUT2D eigenvalue weighted by Gasteiger charge is 2.31. The lowest BCUT2D eigenvalue weighted by molar-refractivity contribution is -0.0171. The molecule has 0 spiro atoms. The number of aromatic nitrogens is 2. The molecule has 7 nitrogen and oxygen atoms in total. The highest BCUT2D eigenvalue weighted by Crippen LogP contribution is 2.39. The second-order valence-electron chi connectivity index (χ2n) is 11.3. The van der Waals surface area contributed by atoms with Gasteiger partial charge in [0.05, 0.1) is 24.4 Å². The number of rotatable bonds is 7. The Morgan fingerprint density at radius 3 is 2.65 bits per heavy atom. The van der Waals surface area contributed by atoms with Gasteiger partial charge in [-0.05, 0) is 85.5 Å². The molecule has 8 heteroatoms. The highest BCUT2D eigenvalue weighted by molar-refractivity contribution is 7.09. The van der Waals surface area contributed by atoms with Gasteiger partial charge < -0.3 is 14.2 Å². The predicted molar refractivity (Wildman–Crippen MR) is 149 cm³/mol. The fraction of sp³-hybridized carbons (Fsp3) is 0.586. The average Bonchev–Trinajstić information content (AvgIpc) is 3.49. The molecule has 2 aromatic heterocycles. The summed E-state index contributed by atoms with van der Waals surface area (Å²) in [6.45, 7) is 16.2. The number of methoxy groups -OCH3 is 1. The van der Waals surface area contributed by atoms with Gasteiger partial charge in [0, 0.05) is 35.7 Å². The predicted octanol–water partition coefficient (Wildman–Crippen LogP) is 7.20. The molecule has 0 radical (unpaired) electrons. The first-order valence-electron chi connectivity index (χ1n) is 13.2. The number of piperidine rings is 1. The summed E-state index contributed by atoms with van der Waals surface area (Å²) in [5, 5.41) is 4.30. The van der Waals surface area contributed by atoms with Crippen LogP contribution in [0.5, 0.6) is 5.75 Å². The first-order chi connectivity index (χ1) is 17.4. The van der Waals surface area contributed by atoms with Crippen molar-refractivity contribution in [2.75, 3.05) is 20.3 Å². The van der Waals surface area contributed by atoms with Crippen molar-refractivity contribution in [3.8, 4) is 5.75 Å². The highest BCUT2D eigenvalue weighted by atomic mass is 32.1. The molecule has 1 saturated heterocycles. The summed E-state index contributed by atoms with van der Waals surface area (Å²) in [6.07, 6.45) is 4.84. The normalized spacial score (nSPS) is 17.4. The third kappa shape index (κ3) is 5.86. The summed E-state index contributed by atoms with van der Waals surface area (Å²) in [5.74, 6) is 0.841. The quantitative estimate of drug-likeness (QED) is 0.324. The SMILES string of the molecule is CCOC(C)(C)c1csc(C2CCCCN2Cc2c(OC)cc(C)c3c2ccn3C(=O)OC(C)(C)C)n1. The molecular formula is C29H41N3O4S. The Morgan fingerprint density at radius 2 is 1.97 bits per heavy atom. The first kappa shape index (κ1) is 27.6. The Hall–Kier alpha value is -2.42. The van der Waals surface area contributed by atoms with Gasteiger partial charge in [0.1, 0.15) is 22.0 Å². The van der Waals surface area contributed by atoms with E-state index in [1.807, 2.05) is 52.9 Å². The third-order valence-corrected chi connectivity index (χ3v) is 7.89. The van der Waals surface area contributed by atoms with Crippen molar-refractivity contribution in [1.82, 2.24) is 14.5 Å². The maximum Gasteiger partial charge on any atom is 0.419 e. The fourth-order valence-corrected chi connectivity index (χ4v) is 6.33. The van der Waals surface area contributed by atoms with Gasteiger partial charge in [0.15, 0.2) is 0 Å². The molecule has 37 heavy (non-hydrogen) atoms. The molecule has 0 N–H and O–H groups in total. The zero-order chi connectivity index (χ0) is 27.0. The van der Waals surface area contributed by atoms with Crippen molar-refractivity contribution in [1.29, 1.82) is 0 Å². The minimum atomic E-state index is -0.568. The summed E-state index contributed by atoms with van der Waals surface area (Å²) in [7, 11) is 1.71. The summed E-state index contributed by atoms with van der Waals surface area (Å²) in [6, 6.07) is 4.28. The second-order valence-corrected chi connectivity index (χ2v) is 12.2. The van der Waals surface area contributed by atoms with Crippen molar-refractivity contribution in [2.45, 2.75) is 91.5 Å². The number of thiazole rings is 1. The summed E-state index contributed by atoms with van der Waals surface area (Å²) >= 11 is 1.72. The topological polar surface area (TPSA) is 65.8 Å². The molecule has 0 amide bonds. The van der Waals surface area contributed by atoms with Gasteiger partial charge >= 0.3 is 6.09 Å². The van der Waals surface area contributed by atoms with E-state index >= 15 is 0 Å². The Balaban J connectivity index is 1.70. The van der Waals surface area contributed by atoms with E-state index in [4.69, 9.17) is 19.2 Å². The van der Waals surface area contributed by atoms with Crippen LogP contribution >= 0.6 is 11.3 Å². The van der Waals surface area contributed by atoms with E-state index in [-0.39, 0.29) is 12.1 Å². The van der Waals surface area contributed by atoms with E-state index in [1.165, 1.54) is 6.42 Å². The van der Waals surface area contributed by atoms with Crippen molar-refractivity contribution in [3.63, 3.8) is 0 Å². The van der Waals surface area contributed by atoms with Crippen LogP contribution in [0.2, 0.25) is 0 Å². The Bertz CT molecular complexity index is 1250. The van der Waals surface area contributed by atoms with Crippen molar-refractivity contribution >= 4 is 28.3 Å². The Kier molecular flexibility index (Phi) is 8.02. The number of hydrogen-bond acceptors (Lipinski definition) is 7. The number of fused-ring (bicyclic) bond motifs is 1. The minimum Gasteiger partial charge on any atom is -0.496 e. The number of likely N-dealkylation sites (tertiary alicyclic amines) is 1. The molecule has 202 valence electrons. The summed E-state index contributed by atoms with van der Waals surface area (Å²) in [5.41, 5.74) is 2.95.